The molecule has 2 rings (SSSR count). The Balaban J connectivity index is 1.77. The van der Waals surface area contributed by atoms with Gasteiger partial charge in [-0.15, -0.1) is 0 Å². The molecule has 1 aliphatic rings. The summed E-state index contributed by atoms with van der Waals surface area (Å²) in [5.74, 6) is 0.123. The number of rotatable bonds is 5. The molecule has 0 aliphatic carbocycles. The molecule has 1 heterocycles. The molecule has 0 spiro atoms. The lowest BCUT2D eigenvalue weighted by molar-refractivity contribution is -0.135. The predicted octanol–water partition coefficient (Wildman–Crippen LogP) is 1.45. The number of carbonyl (C=O) groups is 2. The van der Waals surface area contributed by atoms with Crippen molar-refractivity contribution in [3.8, 4) is 11.8 Å². The highest BCUT2D eigenvalue weighted by Gasteiger charge is 2.19. The molecule has 1 aromatic carbocycles. The Labute approximate surface area is 136 Å². The molecule has 0 aromatic heterocycles. The second kappa shape index (κ2) is 8.18. The highest BCUT2D eigenvalue weighted by Crippen LogP contribution is 2.13. The molecule has 0 saturated carbocycles. The van der Waals surface area contributed by atoms with E-state index in [-0.39, 0.29) is 18.4 Å². The van der Waals surface area contributed by atoms with Gasteiger partial charge >= 0.3 is 0 Å². The van der Waals surface area contributed by atoms with Crippen LogP contribution >= 0.6 is 0 Å². The summed E-state index contributed by atoms with van der Waals surface area (Å²) in [6, 6.07) is 8.55. The summed E-state index contributed by atoms with van der Waals surface area (Å²) in [4.78, 5) is 25.8. The minimum atomic E-state index is -0.711. The molecular formula is C17H21N3O3. The van der Waals surface area contributed by atoms with Crippen molar-refractivity contribution in [1.29, 1.82) is 5.26 Å². The van der Waals surface area contributed by atoms with E-state index >= 15 is 0 Å². The first kappa shape index (κ1) is 16.8. The van der Waals surface area contributed by atoms with Gasteiger partial charge in [0.15, 0.2) is 6.10 Å². The highest BCUT2D eigenvalue weighted by molar-refractivity contribution is 5.86. The monoisotopic (exact) mass is 315 g/mol. The lowest BCUT2D eigenvalue weighted by atomic mass is 10.1. The van der Waals surface area contributed by atoms with Crippen molar-refractivity contribution in [3.63, 3.8) is 0 Å². The Morgan fingerprint density at radius 2 is 1.91 bits per heavy atom. The third kappa shape index (κ3) is 4.99. The van der Waals surface area contributed by atoms with Crippen LogP contribution in [0.15, 0.2) is 24.3 Å². The number of hydrogen-bond donors (Lipinski definition) is 1. The number of nitrogens with one attached hydrogen (secondary N) is 1. The molecule has 1 atom stereocenters. The van der Waals surface area contributed by atoms with Gasteiger partial charge in [-0.3, -0.25) is 9.59 Å². The van der Waals surface area contributed by atoms with E-state index in [9.17, 15) is 9.59 Å². The van der Waals surface area contributed by atoms with Crippen molar-refractivity contribution in [2.75, 3.05) is 19.6 Å². The normalized spacial score (nSPS) is 15.4. The predicted molar refractivity (Wildman–Crippen MR) is 84.7 cm³/mol. The van der Waals surface area contributed by atoms with E-state index in [0.29, 0.717) is 11.3 Å². The average molecular weight is 315 g/mol. The van der Waals surface area contributed by atoms with E-state index in [1.807, 2.05) is 6.07 Å². The third-order valence-corrected chi connectivity index (χ3v) is 3.79. The van der Waals surface area contributed by atoms with Crippen molar-refractivity contribution in [2.45, 2.75) is 32.3 Å². The summed E-state index contributed by atoms with van der Waals surface area (Å²) in [5.41, 5.74) is 0.529. The highest BCUT2D eigenvalue weighted by atomic mass is 16.5. The van der Waals surface area contributed by atoms with Crippen LogP contribution in [0.2, 0.25) is 0 Å². The van der Waals surface area contributed by atoms with Gasteiger partial charge in [-0.1, -0.05) is 0 Å². The number of nitrogens with zero attached hydrogens (tertiary/aromatic N) is 2. The third-order valence-electron chi connectivity index (χ3n) is 3.79. The molecule has 1 aliphatic heterocycles. The van der Waals surface area contributed by atoms with E-state index in [1.54, 1.807) is 36.1 Å². The Bertz CT molecular complexity index is 586. The molecule has 122 valence electrons. The van der Waals surface area contributed by atoms with Gasteiger partial charge in [-0.05, 0) is 50.5 Å². The van der Waals surface area contributed by atoms with Crippen LogP contribution in [0.3, 0.4) is 0 Å². The summed E-state index contributed by atoms with van der Waals surface area (Å²) in [6.45, 7) is 3.16. The SMILES string of the molecule is C[C@@H](Oc1ccc(C#N)cc1)C(=O)NCC(=O)N1CCCCC1. The first-order valence-corrected chi connectivity index (χ1v) is 7.82. The van der Waals surface area contributed by atoms with Crippen molar-refractivity contribution in [1.82, 2.24) is 10.2 Å². The molecule has 1 saturated heterocycles. The number of ether oxygens (including phenoxy) is 1. The maximum Gasteiger partial charge on any atom is 0.261 e. The van der Waals surface area contributed by atoms with Gasteiger partial charge in [-0.2, -0.15) is 5.26 Å². The lowest BCUT2D eigenvalue weighted by Gasteiger charge is -2.27. The molecule has 23 heavy (non-hydrogen) atoms. The van der Waals surface area contributed by atoms with Gasteiger partial charge in [-0.25, -0.2) is 0 Å². The smallest absolute Gasteiger partial charge is 0.261 e. The van der Waals surface area contributed by atoms with Crippen molar-refractivity contribution < 1.29 is 14.3 Å². The van der Waals surface area contributed by atoms with Crippen LogP contribution in [-0.2, 0) is 9.59 Å². The van der Waals surface area contributed by atoms with Crippen LogP contribution in [0, 0.1) is 11.3 Å². The maximum atomic E-state index is 12.0. The van der Waals surface area contributed by atoms with E-state index in [4.69, 9.17) is 10.00 Å². The van der Waals surface area contributed by atoms with Crippen molar-refractivity contribution in [2.24, 2.45) is 0 Å². The first-order chi connectivity index (χ1) is 11.1. The van der Waals surface area contributed by atoms with Gasteiger partial charge in [0.25, 0.3) is 5.91 Å². The van der Waals surface area contributed by atoms with Gasteiger partial charge in [0.1, 0.15) is 5.75 Å². The fraction of sp³-hybridized carbons (Fsp3) is 0.471. The fourth-order valence-corrected chi connectivity index (χ4v) is 2.43. The Hall–Kier alpha value is -2.55. The number of hydrogen-bond acceptors (Lipinski definition) is 4. The van der Waals surface area contributed by atoms with Crippen molar-refractivity contribution >= 4 is 11.8 Å². The first-order valence-electron chi connectivity index (χ1n) is 7.82. The summed E-state index contributed by atoms with van der Waals surface area (Å²) < 4.78 is 5.51. The Morgan fingerprint density at radius 1 is 1.26 bits per heavy atom. The topological polar surface area (TPSA) is 82.4 Å². The Morgan fingerprint density at radius 3 is 2.52 bits per heavy atom. The molecule has 6 nitrogen and oxygen atoms in total. The zero-order valence-electron chi connectivity index (χ0n) is 13.2. The molecule has 1 fully saturated rings. The minimum Gasteiger partial charge on any atom is -0.481 e. The Kier molecular flexibility index (Phi) is 5.98. The fourth-order valence-electron chi connectivity index (χ4n) is 2.43. The lowest BCUT2D eigenvalue weighted by Crippen LogP contribution is -2.45. The standard InChI is InChI=1S/C17H21N3O3/c1-13(23-15-7-5-14(11-18)6-8-15)17(22)19-12-16(21)20-9-3-2-4-10-20/h5-8,13H,2-4,9-10,12H2,1H3,(H,19,22)/t13-/m1/s1. The molecule has 1 N–H and O–H groups in total. The molecule has 2 amide bonds. The molecule has 0 radical (unpaired) electrons. The second-order valence-corrected chi connectivity index (χ2v) is 5.56. The molecule has 1 aromatic rings. The van der Waals surface area contributed by atoms with E-state index in [2.05, 4.69) is 5.32 Å². The summed E-state index contributed by atoms with van der Waals surface area (Å²) in [6.07, 6.45) is 2.50. The number of benzene rings is 1. The van der Waals surface area contributed by atoms with Crippen LogP contribution in [0.25, 0.3) is 0 Å². The maximum absolute atomic E-state index is 12.0. The largest absolute Gasteiger partial charge is 0.481 e. The molecule has 0 bridgehead atoms. The summed E-state index contributed by atoms with van der Waals surface area (Å²) in [5, 5.41) is 11.4. The number of carbonyl (C=O) groups excluding carboxylic acids is 2. The van der Waals surface area contributed by atoms with Crippen molar-refractivity contribution in [3.05, 3.63) is 29.8 Å². The summed E-state index contributed by atoms with van der Waals surface area (Å²) in [7, 11) is 0. The molecule has 6 heteroatoms. The zero-order valence-corrected chi connectivity index (χ0v) is 13.2. The number of nitriles is 1. The van der Waals surface area contributed by atoms with Crippen LogP contribution < -0.4 is 10.1 Å². The number of piperidine rings is 1. The van der Waals surface area contributed by atoms with Gasteiger partial charge in [0, 0.05) is 13.1 Å². The second-order valence-electron chi connectivity index (χ2n) is 5.56. The van der Waals surface area contributed by atoms with E-state index in [0.717, 1.165) is 32.4 Å². The quantitative estimate of drug-likeness (QED) is 0.891. The zero-order chi connectivity index (χ0) is 16.7. The van der Waals surface area contributed by atoms with Gasteiger partial charge in [0.05, 0.1) is 18.2 Å². The van der Waals surface area contributed by atoms with Crippen LogP contribution in [0.5, 0.6) is 5.75 Å². The van der Waals surface area contributed by atoms with Gasteiger partial charge < -0.3 is 15.0 Å². The van der Waals surface area contributed by atoms with Crippen LogP contribution in [0.1, 0.15) is 31.7 Å². The van der Waals surface area contributed by atoms with Gasteiger partial charge in [0.2, 0.25) is 5.91 Å². The minimum absolute atomic E-state index is 0.0000957. The number of amides is 2. The van der Waals surface area contributed by atoms with Crippen LogP contribution in [-0.4, -0.2) is 42.5 Å². The van der Waals surface area contributed by atoms with E-state index in [1.165, 1.54) is 0 Å². The van der Waals surface area contributed by atoms with E-state index < -0.39 is 6.10 Å². The number of likely N-dealkylation sites (tertiary alicyclic amines) is 1. The average Bonchev–Trinajstić information content (AvgIpc) is 2.60. The van der Waals surface area contributed by atoms with Crippen LogP contribution in [0.4, 0.5) is 0 Å². The molecule has 0 unspecified atom stereocenters. The molecular weight excluding hydrogens is 294 g/mol. The summed E-state index contributed by atoms with van der Waals surface area (Å²) >= 11 is 0.